The van der Waals surface area contributed by atoms with Crippen molar-refractivity contribution in [2.24, 2.45) is 0 Å². The molecule has 18 heavy (non-hydrogen) atoms. The van der Waals surface area contributed by atoms with E-state index in [1.54, 1.807) is 13.0 Å². The van der Waals surface area contributed by atoms with E-state index in [-0.39, 0.29) is 6.04 Å². The molecule has 0 saturated carbocycles. The topological polar surface area (TPSA) is 38.0 Å². The number of fused-ring (bicyclic) bond motifs is 1. The van der Waals surface area contributed by atoms with Crippen molar-refractivity contribution >= 4 is 5.69 Å². The summed E-state index contributed by atoms with van der Waals surface area (Å²) in [6, 6.07) is 5.06. The molecule has 1 aliphatic rings. The minimum absolute atomic E-state index is 0.0120. The number of nitrogens with two attached hydrogens (primary N) is 1. The lowest BCUT2D eigenvalue weighted by Gasteiger charge is -2.21. The zero-order chi connectivity index (χ0) is 13.3. The average molecular weight is 258 g/mol. The summed E-state index contributed by atoms with van der Waals surface area (Å²) in [4.78, 5) is 0. The van der Waals surface area contributed by atoms with Gasteiger partial charge < -0.3 is 11.1 Å². The molecule has 1 aromatic carbocycles. The predicted molar refractivity (Wildman–Crippen MR) is 65.2 cm³/mol. The minimum atomic E-state index is -4.12. The van der Waals surface area contributed by atoms with E-state index in [2.05, 4.69) is 5.32 Å². The van der Waals surface area contributed by atoms with Gasteiger partial charge in [-0.3, -0.25) is 0 Å². The molecule has 2 nitrogen and oxygen atoms in total. The van der Waals surface area contributed by atoms with Crippen molar-refractivity contribution in [1.29, 1.82) is 0 Å². The van der Waals surface area contributed by atoms with Crippen molar-refractivity contribution < 1.29 is 13.2 Å². The first-order valence-electron chi connectivity index (χ1n) is 6.06. The summed E-state index contributed by atoms with van der Waals surface area (Å²) < 4.78 is 36.8. The van der Waals surface area contributed by atoms with E-state index in [4.69, 9.17) is 5.73 Å². The molecule has 0 amide bonds. The van der Waals surface area contributed by atoms with Crippen molar-refractivity contribution in [3.63, 3.8) is 0 Å². The van der Waals surface area contributed by atoms with Crippen LogP contribution in [0.15, 0.2) is 18.2 Å². The first kappa shape index (κ1) is 13.2. The Morgan fingerprint density at radius 1 is 1.44 bits per heavy atom. The summed E-state index contributed by atoms with van der Waals surface area (Å²) in [7, 11) is 0. The van der Waals surface area contributed by atoms with E-state index in [9.17, 15) is 13.2 Å². The molecule has 0 aromatic heterocycles. The van der Waals surface area contributed by atoms with Gasteiger partial charge in [-0.25, -0.2) is 0 Å². The minimum Gasteiger partial charge on any atom is -0.399 e. The number of aryl methyl sites for hydroxylation is 1. The van der Waals surface area contributed by atoms with Gasteiger partial charge in [0.25, 0.3) is 0 Å². The molecule has 0 radical (unpaired) electrons. The molecular formula is C13H17F3N2. The molecule has 0 heterocycles. The SMILES string of the molecule is CC(CC(F)(F)F)NC1CCc2cc(N)ccc21. The fourth-order valence-corrected chi connectivity index (χ4v) is 2.56. The normalized spacial score (nSPS) is 20.8. The van der Waals surface area contributed by atoms with Crippen LogP contribution in [0.4, 0.5) is 18.9 Å². The lowest BCUT2D eigenvalue weighted by atomic mass is 10.1. The number of hydrogen-bond donors (Lipinski definition) is 2. The van der Waals surface area contributed by atoms with Gasteiger partial charge in [0.15, 0.2) is 0 Å². The third-order valence-corrected chi connectivity index (χ3v) is 3.27. The van der Waals surface area contributed by atoms with Crippen molar-refractivity contribution in [2.45, 2.75) is 44.4 Å². The first-order valence-corrected chi connectivity index (χ1v) is 6.06. The molecule has 2 unspecified atom stereocenters. The highest BCUT2D eigenvalue weighted by atomic mass is 19.4. The fraction of sp³-hybridized carbons (Fsp3) is 0.538. The summed E-state index contributed by atoms with van der Waals surface area (Å²) in [5.74, 6) is 0. The Labute approximate surface area is 104 Å². The highest BCUT2D eigenvalue weighted by Gasteiger charge is 2.32. The van der Waals surface area contributed by atoms with Crippen LogP contribution >= 0.6 is 0 Å². The van der Waals surface area contributed by atoms with Gasteiger partial charge in [-0.1, -0.05) is 6.07 Å². The molecule has 2 atom stereocenters. The number of hydrogen-bond acceptors (Lipinski definition) is 2. The Kier molecular flexibility index (Phi) is 3.52. The Morgan fingerprint density at radius 2 is 2.17 bits per heavy atom. The van der Waals surface area contributed by atoms with Gasteiger partial charge in [0.05, 0.1) is 6.42 Å². The van der Waals surface area contributed by atoms with Crippen LogP contribution in [-0.2, 0) is 6.42 Å². The average Bonchev–Trinajstić information content (AvgIpc) is 2.57. The molecule has 0 aliphatic heterocycles. The van der Waals surface area contributed by atoms with Gasteiger partial charge in [-0.15, -0.1) is 0 Å². The molecule has 5 heteroatoms. The second-order valence-electron chi connectivity index (χ2n) is 4.94. The van der Waals surface area contributed by atoms with E-state index in [0.29, 0.717) is 5.69 Å². The van der Waals surface area contributed by atoms with Crippen molar-refractivity contribution in [3.05, 3.63) is 29.3 Å². The zero-order valence-corrected chi connectivity index (χ0v) is 10.2. The van der Waals surface area contributed by atoms with E-state index >= 15 is 0 Å². The number of alkyl halides is 3. The van der Waals surface area contributed by atoms with Gasteiger partial charge in [-0.05, 0) is 43.0 Å². The second kappa shape index (κ2) is 4.80. The summed E-state index contributed by atoms with van der Waals surface area (Å²) >= 11 is 0. The maximum Gasteiger partial charge on any atom is 0.390 e. The molecule has 0 saturated heterocycles. The number of nitrogens with one attached hydrogen (secondary N) is 1. The van der Waals surface area contributed by atoms with Crippen molar-refractivity contribution in [2.75, 3.05) is 5.73 Å². The van der Waals surface area contributed by atoms with Crippen LogP contribution < -0.4 is 11.1 Å². The van der Waals surface area contributed by atoms with E-state index < -0.39 is 18.6 Å². The van der Waals surface area contributed by atoms with Gasteiger partial charge in [0.2, 0.25) is 0 Å². The number of rotatable bonds is 3. The van der Waals surface area contributed by atoms with Crippen LogP contribution in [0.1, 0.15) is 36.9 Å². The van der Waals surface area contributed by atoms with Crippen LogP contribution in [0.25, 0.3) is 0 Å². The Bertz CT molecular complexity index is 429. The van der Waals surface area contributed by atoms with E-state index in [1.165, 1.54) is 0 Å². The first-order chi connectivity index (χ1) is 8.35. The molecule has 3 N–H and O–H groups in total. The van der Waals surface area contributed by atoms with Crippen LogP contribution in [0.5, 0.6) is 0 Å². The third kappa shape index (κ3) is 3.16. The standard InChI is InChI=1S/C13H17F3N2/c1-8(7-13(14,15)16)18-12-5-2-9-6-10(17)3-4-11(9)12/h3-4,6,8,12,18H,2,5,7,17H2,1H3. The molecule has 0 fully saturated rings. The smallest absolute Gasteiger partial charge is 0.390 e. The van der Waals surface area contributed by atoms with Gasteiger partial charge in [0, 0.05) is 17.8 Å². The van der Waals surface area contributed by atoms with Crippen LogP contribution in [0, 0.1) is 0 Å². The second-order valence-corrected chi connectivity index (χ2v) is 4.94. The summed E-state index contributed by atoms with van der Waals surface area (Å²) in [5, 5.41) is 3.05. The Morgan fingerprint density at radius 3 is 2.83 bits per heavy atom. The monoisotopic (exact) mass is 258 g/mol. The molecule has 2 rings (SSSR count). The summed E-state index contributed by atoms with van der Waals surface area (Å²) in [5.41, 5.74) is 8.62. The predicted octanol–water partition coefficient (Wildman–Crippen LogP) is 3.19. The van der Waals surface area contributed by atoms with E-state index in [1.807, 2.05) is 12.1 Å². The van der Waals surface area contributed by atoms with Gasteiger partial charge in [-0.2, -0.15) is 13.2 Å². The molecular weight excluding hydrogens is 241 g/mol. The maximum atomic E-state index is 12.3. The van der Waals surface area contributed by atoms with Crippen molar-refractivity contribution in [3.8, 4) is 0 Å². The Hall–Kier alpha value is -1.23. The summed E-state index contributed by atoms with van der Waals surface area (Å²) in [6.45, 7) is 1.57. The highest BCUT2D eigenvalue weighted by Crippen LogP contribution is 2.33. The lowest BCUT2D eigenvalue weighted by molar-refractivity contribution is -0.139. The fourth-order valence-electron chi connectivity index (χ4n) is 2.56. The summed E-state index contributed by atoms with van der Waals surface area (Å²) in [6.07, 6.45) is -3.21. The molecule has 1 aromatic rings. The lowest BCUT2D eigenvalue weighted by Crippen LogP contribution is -2.33. The van der Waals surface area contributed by atoms with Crippen LogP contribution in [0.2, 0.25) is 0 Å². The van der Waals surface area contributed by atoms with E-state index in [0.717, 1.165) is 24.0 Å². The number of benzene rings is 1. The number of halogens is 3. The molecule has 0 bridgehead atoms. The van der Waals surface area contributed by atoms with Crippen molar-refractivity contribution in [1.82, 2.24) is 5.32 Å². The Balaban J connectivity index is 2.01. The van der Waals surface area contributed by atoms with Gasteiger partial charge >= 0.3 is 6.18 Å². The molecule has 100 valence electrons. The zero-order valence-electron chi connectivity index (χ0n) is 10.2. The quantitative estimate of drug-likeness (QED) is 0.817. The van der Waals surface area contributed by atoms with Crippen LogP contribution in [0.3, 0.4) is 0 Å². The number of anilines is 1. The largest absolute Gasteiger partial charge is 0.399 e. The van der Waals surface area contributed by atoms with Crippen LogP contribution in [-0.4, -0.2) is 12.2 Å². The maximum absolute atomic E-state index is 12.3. The molecule has 1 aliphatic carbocycles. The third-order valence-electron chi connectivity index (χ3n) is 3.27. The molecule has 0 spiro atoms. The number of nitrogen functional groups attached to an aromatic ring is 1. The van der Waals surface area contributed by atoms with Gasteiger partial charge in [0.1, 0.15) is 0 Å². The highest BCUT2D eigenvalue weighted by molar-refractivity contribution is 5.47.